The van der Waals surface area contributed by atoms with Crippen LogP contribution < -0.4 is 5.32 Å². The Morgan fingerprint density at radius 1 is 1.23 bits per heavy atom. The Morgan fingerprint density at radius 2 is 1.97 bits per heavy atom. The van der Waals surface area contributed by atoms with Gasteiger partial charge in [0.15, 0.2) is 6.04 Å². The Morgan fingerprint density at radius 3 is 2.70 bits per heavy atom. The standard InChI is InChI=1S/C23H31ClFN3O2/c1-15-21(23(29)26-10-6-17-8-12-30-13-9-17)27-22(28(15)11-7-16-2-3-16)19-14-18(24)4-5-20(19)25/h4-5,14-17,21H,2-3,6-13H2,1H3,(H,26,29). The van der Waals surface area contributed by atoms with Crippen LogP contribution in [0.5, 0.6) is 0 Å². The number of rotatable bonds is 8. The molecular weight excluding hydrogens is 405 g/mol. The summed E-state index contributed by atoms with van der Waals surface area (Å²) in [7, 11) is 0. The summed E-state index contributed by atoms with van der Waals surface area (Å²) in [5.74, 6) is 1.46. The summed E-state index contributed by atoms with van der Waals surface area (Å²) in [6.07, 6.45) is 6.64. The number of ether oxygens (including phenoxy) is 1. The number of benzene rings is 1. The molecule has 1 saturated heterocycles. The lowest BCUT2D eigenvalue weighted by molar-refractivity contribution is -0.123. The topological polar surface area (TPSA) is 53.9 Å². The fourth-order valence-electron chi connectivity index (χ4n) is 4.42. The average molecular weight is 436 g/mol. The molecule has 0 bridgehead atoms. The quantitative estimate of drug-likeness (QED) is 0.670. The molecule has 4 rings (SSSR count). The van der Waals surface area contributed by atoms with Gasteiger partial charge in [-0.2, -0.15) is 0 Å². The molecule has 2 unspecified atom stereocenters. The average Bonchev–Trinajstić information content (AvgIpc) is 3.51. The smallest absolute Gasteiger partial charge is 0.247 e. The fraction of sp³-hybridized carbons (Fsp3) is 0.652. The molecule has 1 aromatic carbocycles. The number of halogens is 2. The van der Waals surface area contributed by atoms with E-state index < -0.39 is 6.04 Å². The molecule has 1 amide bonds. The Hall–Kier alpha value is -1.66. The third-order valence-corrected chi connectivity index (χ3v) is 6.82. The number of nitrogens with one attached hydrogen (secondary N) is 1. The normalized spacial score (nSPS) is 24.8. The molecule has 0 spiro atoms. The van der Waals surface area contributed by atoms with Crippen LogP contribution in [-0.4, -0.2) is 55.0 Å². The Labute approximate surface area is 183 Å². The maximum absolute atomic E-state index is 14.6. The van der Waals surface area contributed by atoms with E-state index in [0.717, 1.165) is 51.4 Å². The molecule has 1 N–H and O–H groups in total. The van der Waals surface area contributed by atoms with Crippen LogP contribution in [0.25, 0.3) is 0 Å². The third kappa shape index (κ3) is 5.14. The van der Waals surface area contributed by atoms with Gasteiger partial charge in [-0.3, -0.25) is 9.79 Å². The maximum Gasteiger partial charge on any atom is 0.247 e. The first kappa shape index (κ1) is 21.6. The van der Waals surface area contributed by atoms with E-state index in [-0.39, 0.29) is 17.8 Å². The van der Waals surface area contributed by atoms with Crippen molar-refractivity contribution in [3.8, 4) is 0 Å². The predicted molar refractivity (Wildman–Crippen MR) is 116 cm³/mol. The van der Waals surface area contributed by atoms with Crippen molar-refractivity contribution in [2.45, 2.75) is 57.5 Å². The van der Waals surface area contributed by atoms with Crippen LogP contribution in [0, 0.1) is 17.7 Å². The fourth-order valence-corrected chi connectivity index (χ4v) is 4.60. The highest BCUT2D eigenvalue weighted by Crippen LogP contribution is 2.34. The van der Waals surface area contributed by atoms with Gasteiger partial charge in [0.25, 0.3) is 0 Å². The van der Waals surface area contributed by atoms with Crippen molar-refractivity contribution < 1.29 is 13.9 Å². The lowest BCUT2D eigenvalue weighted by Gasteiger charge is -2.28. The minimum Gasteiger partial charge on any atom is -0.381 e. The molecule has 3 aliphatic rings. The van der Waals surface area contributed by atoms with Gasteiger partial charge in [0.1, 0.15) is 11.7 Å². The number of amidine groups is 1. The van der Waals surface area contributed by atoms with Crippen LogP contribution in [0.1, 0.15) is 51.0 Å². The summed E-state index contributed by atoms with van der Waals surface area (Å²) in [6.45, 7) is 5.06. The summed E-state index contributed by atoms with van der Waals surface area (Å²) in [6, 6.07) is 3.87. The number of hydrogen-bond donors (Lipinski definition) is 1. The lowest BCUT2D eigenvalue weighted by atomic mass is 9.96. The van der Waals surface area contributed by atoms with Crippen molar-refractivity contribution in [2.75, 3.05) is 26.3 Å². The number of carbonyl (C=O) groups excluding carboxylic acids is 1. The van der Waals surface area contributed by atoms with Crippen molar-refractivity contribution in [1.29, 1.82) is 0 Å². The van der Waals surface area contributed by atoms with Gasteiger partial charge < -0.3 is 15.0 Å². The first-order chi connectivity index (χ1) is 14.5. The first-order valence-electron chi connectivity index (χ1n) is 11.2. The van der Waals surface area contributed by atoms with Gasteiger partial charge in [0.2, 0.25) is 5.91 Å². The zero-order valence-electron chi connectivity index (χ0n) is 17.6. The molecule has 164 valence electrons. The number of carbonyl (C=O) groups is 1. The van der Waals surface area contributed by atoms with Crippen molar-refractivity contribution in [1.82, 2.24) is 10.2 Å². The largest absolute Gasteiger partial charge is 0.381 e. The van der Waals surface area contributed by atoms with Crippen LogP contribution in [0.3, 0.4) is 0 Å². The Kier molecular flexibility index (Phi) is 6.94. The molecule has 30 heavy (non-hydrogen) atoms. The van der Waals surface area contributed by atoms with Gasteiger partial charge >= 0.3 is 0 Å². The van der Waals surface area contributed by atoms with E-state index in [1.165, 1.54) is 25.0 Å². The van der Waals surface area contributed by atoms with Crippen molar-refractivity contribution in [3.63, 3.8) is 0 Å². The molecule has 0 aromatic heterocycles. The second-order valence-corrected chi connectivity index (χ2v) is 9.26. The van der Waals surface area contributed by atoms with Gasteiger partial charge in [-0.05, 0) is 62.6 Å². The maximum atomic E-state index is 14.6. The van der Waals surface area contributed by atoms with Gasteiger partial charge in [-0.1, -0.05) is 24.4 Å². The molecule has 7 heteroatoms. The summed E-state index contributed by atoms with van der Waals surface area (Å²) >= 11 is 6.13. The Bertz CT molecular complexity index is 793. The molecule has 1 saturated carbocycles. The summed E-state index contributed by atoms with van der Waals surface area (Å²) in [5.41, 5.74) is 0.377. The minimum atomic E-state index is -0.535. The second-order valence-electron chi connectivity index (χ2n) is 8.82. The lowest BCUT2D eigenvalue weighted by Crippen LogP contribution is -2.45. The van der Waals surface area contributed by atoms with Crippen LogP contribution >= 0.6 is 11.6 Å². The van der Waals surface area contributed by atoms with Crippen LogP contribution in [0.4, 0.5) is 4.39 Å². The van der Waals surface area contributed by atoms with Crippen LogP contribution in [-0.2, 0) is 9.53 Å². The van der Waals surface area contributed by atoms with E-state index in [2.05, 4.69) is 10.2 Å². The highest BCUT2D eigenvalue weighted by atomic mass is 35.5. The first-order valence-corrected chi connectivity index (χ1v) is 11.6. The summed E-state index contributed by atoms with van der Waals surface area (Å²) in [4.78, 5) is 19.7. The van der Waals surface area contributed by atoms with Gasteiger partial charge in [0, 0.05) is 31.3 Å². The van der Waals surface area contributed by atoms with Gasteiger partial charge in [-0.25, -0.2) is 4.39 Å². The SMILES string of the molecule is CC1C(C(=O)NCCC2CCOCC2)N=C(c2cc(Cl)ccc2F)N1CCC1CC1. The molecule has 2 heterocycles. The molecule has 0 radical (unpaired) electrons. The Balaban J connectivity index is 1.45. The van der Waals surface area contributed by atoms with Crippen molar-refractivity contribution >= 4 is 23.3 Å². The van der Waals surface area contributed by atoms with E-state index in [1.54, 1.807) is 6.07 Å². The monoisotopic (exact) mass is 435 g/mol. The molecule has 1 aromatic rings. The molecule has 2 aliphatic heterocycles. The summed E-state index contributed by atoms with van der Waals surface area (Å²) in [5, 5.41) is 3.53. The zero-order valence-corrected chi connectivity index (χ0v) is 18.3. The van der Waals surface area contributed by atoms with E-state index >= 15 is 0 Å². The van der Waals surface area contributed by atoms with Crippen LogP contribution in [0.2, 0.25) is 5.02 Å². The van der Waals surface area contributed by atoms with Crippen LogP contribution in [0.15, 0.2) is 23.2 Å². The number of nitrogens with zero attached hydrogens (tertiary/aromatic N) is 2. The highest BCUT2D eigenvalue weighted by Gasteiger charge is 2.39. The number of amides is 1. The number of hydrogen-bond acceptors (Lipinski definition) is 4. The van der Waals surface area contributed by atoms with Gasteiger partial charge in [0.05, 0.1) is 11.6 Å². The third-order valence-electron chi connectivity index (χ3n) is 6.59. The molecule has 2 atom stereocenters. The molecular formula is C23H31ClFN3O2. The molecule has 5 nitrogen and oxygen atoms in total. The van der Waals surface area contributed by atoms with Crippen molar-refractivity contribution in [3.05, 3.63) is 34.6 Å². The molecule has 2 fully saturated rings. The van der Waals surface area contributed by atoms with E-state index in [0.29, 0.717) is 28.9 Å². The van der Waals surface area contributed by atoms with Crippen molar-refractivity contribution in [2.24, 2.45) is 16.8 Å². The zero-order chi connectivity index (χ0) is 21.1. The second kappa shape index (κ2) is 9.65. The van der Waals surface area contributed by atoms with E-state index in [9.17, 15) is 9.18 Å². The number of aliphatic imine (C=N–C) groups is 1. The van der Waals surface area contributed by atoms with Gasteiger partial charge in [-0.15, -0.1) is 0 Å². The minimum absolute atomic E-state index is 0.0802. The predicted octanol–water partition coefficient (Wildman–Crippen LogP) is 4.03. The highest BCUT2D eigenvalue weighted by molar-refractivity contribution is 6.31. The van der Waals surface area contributed by atoms with E-state index in [1.807, 2.05) is 6.92 Å². The summed E-state index contributed by atoms with van der Waals surface area (Å²) < 4.78 is 20.0. The van der Waals surface area contributed by atoms with E-state index in [4.69, 9.17) is 21.3 Å². The molecule has 1 aliphatic carbocycles.